The van der Waals surface area contributed by atoms with Crippen molar-refractivity contribution < 1.29 is 9.59 Å². The number of nitrogens with one attached hydrogen (secondary N) is 1. The monoisotopic (exact) mass is 215 g/mol. The highest BCUT2D eigenvalue weighted by Gasteiger charge is 2.29. The summed E-state index contributed by atoms with van der Waals surface area (Å²) >= 11 is 0. The molecule has 3 N–H and O–H groups in total. The second-order valence-corrected chi connectivity index (χ2v) is 3.83. The van der Waals surface area contributed by atoms with Crippen molar-refractivity contribution in [2.24, 2.45) is 5.73 Å². The molecule has 0 aromatic carbocycles. The molecule has 15 heavy (non-hydrogen) atoms. The Morgan fingerprint density at radius 1 is 1.27 bits per heavy atom. The molecule has 0 bridgehead atoms. The van der Waals surface area contributed by atoms with Gasteiger partial charge in [-0.25, -0.2) is 0 Å². The molecule has 0 aromatic heterocycles. The van der Waals surface area contributed by atoms with Crippen LogP contribution in [0.15, 0.2) is 0 Å². The Bertz CT molecular complexity index is 235. The van der Waals surface area contributed by atoms with Crippen molar-refractivity contribution in [2.45, 2.75) is 32.2 Å². The number of hydrogen-bond donors (Lipinski definition) is 2. The van der Waals surface area contributed by atoms with Gasteiger partial charge >= 0.3 is 0 Å². The first kappa shape index (κ1) is 13.9. The van der Waals surface area contributed by atoms with Crippen LogP contribution in [-0.2, 0) is 9.59 Å². The van der Waals surface area contributed by atoms with Crippen LogP contribution in [-0.4, -0.2) is 42.9 Å². The lowest BCUT2D eigenvalue weighted by Gasteiger charge is -2.25. The normalized spacial score (nSPS) is 11.0. The fourth-order valence-electron chi connectivity index (χ4n) is 1.06. The summed E-state index contributed by atoms with van der Waals surface area (Å²) < 4.78 is 0. The number of rotatable bonds is 5. The number of hydrogen-bond acceptors (Lipinski definition) is 3. The molecule has 0 saturated carbocycles. The molecule has 0 aliphatic rings. The molecule has 0 rings (SSSR count). The average Bonchev–Trinajstić information content (AvgIpc) is 2.23. The van der Waals surface area contributed by atoms with E-state index >= 15 is 0 Å². The molecule has 0 radical (unpaired) electrons. The lowest BCUT2D eigenvalue weighted by molar-refractivity contribution is -0.132. The first-order valence-corrected chi connectivity index (χ1v) is 5.14. The van der Waals surface area contributed by atoms with E-state index in [9.17, 15) is 9.59 Å². The van der Waals surface area contributed by atoms with E-state index in [1.165, 1.54) is 4.90 Å². The minimum atomic E-state index is -0.855. The SMILES string of the molecule is CCC(N)(CC)C(=O)NCC(=O)N(C)C. The van der Waals surface area contributed by atoms with Crippen LogP contribution in [0.3, 0.4) is 0 Å². The van der Waals surface area contributed by atoms with Crippen LogP contribution in [0.5, 0.6) is 0 Å². The topological polar surface area (TPSA) is 75.4 Å². The van der Waals surface area contributed by atoms with Gasteiger partial charge in [-0.15, -0.1) is 0 Å². The zero-order valence-corrected chi connectivity index (χ0v) is 9.96. The molecular weight excluding hydrogens is 194 g/mol. The molecule has 5 nitrogen and oxygen atoms in total. The van der Waals surface area contributed by atoms with Crippen molar-refractivity contribution in [3.05, 3.63) is 0 Å². The van der Waals surface area contributed by atoms with Crippen molar-refractivity contribution in [3.63, 3.8) is 0 Å². The number of amides is 2. The fraction of sp³-hybridized carbons (Fsp3) is 0.800. The minimum Gasteiger partial charge on any atom is -0.347 e. The van der Waals surface area contributed by atoms with E-state index in [4.69, 9.17) is 5.73 Å². The van der Waals surface area contributed by atoms with Gasteiger partial charge in [-0.1, -0.05) is 13.8 Å². The molecular formula is C10H21N3O2. The Morgan fingerprint density at radius 3 is 2.07 bits per heavy atom. The van der Waals surface area contributed by atoms with E-state index in [2.05, 4.69) is 5.32 Å². The molecule has 0 spiro atoms. The molecule has 0 fully saturated rings. The maximum absolute atomic E-state index is 11.6. The smallest absolute Gasteiger partial charge is 0.241 e. The van der Waals surface area contributed by atoms with Crippen LogP contribution >= 0.6 is 0 Å². The first-order valence-electron chi connectivity index (χ1n) is 5.14. The number of likely N-dealkylation sites (N-methyl/N-ethyl adjacent to an activating group) is 1. The van der Waals surface area contributed by atoms with Crippen LogP contribution in [0, 0.1) is 0 Å². The van der Waals surface area contributed by atoms with Gasteiger partial charge in [0.05, 0.1) is 12.1 Å². The van der Waals surface area contributed by atoms with E-state index in [1.54, 1.807) is 14.1 Å². The van der Waals surface area contributed by atoms with Crippen LogP contribution in [0.25, 0.3) is 0 Å². The predicted molar refractivity (Wildman–Crippen MR) is 59.2 cm³/mol. The molecule has 0 aliphatic heterocycles. The summed E-state index contributed by atoms with van der Waals surface area (Å²) in [6.45, 7) is 3.72. The van der Waals surface area contributed by atoms with Crippen LogP contribution in [0.2, 0.25) is 0 Å². The Hall–Kier alpha value is -1.10. The molecule has 0 unspecified atom stereocenters. The second-order valence-electron chi connectivity index (χ2n) is 3.83. The highest BCUT2D eigenvalue weighted by Crippen LogP contribution is 2.10. The first-order chi connectivity index (χ1) is 6.87. The summed E-state index contributed by atoms with van der Waals surface area (Å²) in [5, 5.41) is 2.55. The van der Waals surface area contributed by atoms with E-state index in [0.29, 0.717) is 12.8 Å². The number of carbonyl (C=O) groups excluding carboxylic acids is 2. The summed E-state index contributed by atoms with van der Waals surface area (Å²) in [4.78, 5) is 24.3. The van der Waals surface area contributed by atoms with Gasteiger partial charge in [0.1, 0.15) is 0 Å². The largest absolute Gasteiger partial charge is 0.347 e. The van der Waals surface area contributed by atoms with Gasteiger partial charge in [0.2, 0.25) is 11.8 Å². The Labute approximate surface area is 91.0 Å². The number of nitrogens with zero attached hydrogens (tertiary/aromatic N) is 1. The molecule has 88 valence electrons. The van der Waals surface area contributed by atoms with Gasteiger partial charge in [0.15, 0.2) is 0 Å². The van der Waals surface area contributed by atoms with Crippen LogP contribution < -0.4 is 11.1 Å². The van der Waals surface area contributed by atoms with Gasteiger partial charge < -0.3 is 16.0 Å². The maximum atomic E-state index is 11.6. The molecule has 0 aromatic rings. The fourth-order valence-corrected chi connectivity index (χ4v) is 1.06. The number of carbonyl (C=O) groups is 2. The lowest BCUT2D eigenvalue weighted by atomic mass is 9.93. The summed E-state index contributed by atoms with van der Waals surface area (Å²) in [5.74, 6) is -0.402. The predicted octanol–water partition coefficient (Wildman–Crippen LogP) is -0.292. The molecule has 2 amide bonds. The van der Waals surface area contributed by atoms with Crippen LogP contribution in [0.4, 0.5) is 0 Å². The van der Waals surface area contributed by atoms with E-state index in [1.807, 2.05) is 13.8 Å². The Balaban J connectivity index is 4.20. The van der Waals surface area contributed by atoms with Crippen molar-refractivity contribution in [1.29, 1.82) is 0 Å². The van der Waals surface area contributed by atoms with Crippen molar-refractivity contribution in [1.82, 2.24) is 10.2 Å². The lowest BCUT2D eigenvalue weighted by Crippen LogP contribution is -2.54. The number of nitrogens with two attached hydrogens (primary N) is 1. The minimum absolute atomic E-state index is 0.00475. The van der Waals surface area contributed by atoms with Gasteiger partial charge in [0, 0.05) is 14.1 Å². The third-order valence-electron chi connectivity index (χ3n) is 2.61. The third-order valence-corrected chi connectivity index (χ3v) is 2.61. The van der Waals surface area contributed by atoms with Gasteiger partial charge in [0.25, 0.3) is 0 Å². The molecule has 0 aliphatic carbocycles. The van der Waals surface area contributed by atoms with Crippen molar-refractivity contribution in [3.8, 4) is 0 Å². The third kappa shape index (κ3) is 3.87. The molecule has 0 saturated heterocycles. The zero-order valence-electron chi connectivity index (χ0n) is 9.96. The summed E-state index contributed by atoms with van der Waals surface area (Å²) in [7, 11) is 3.29. The molecule has 0 atom stereocenters. The summed E-state index contributed by atoms with van der Waals surface area (Å²) in [6, 6.07) is 0. The second kappa shape index (κ2) is 5.70. The maximum Gasteiger partial charge on any atom is 0.241 e. The van der Waals surface area contributed by atoms with E-state index in [-0.39, 0.29) is 18.4 Å². The van der Waals surface area contributed by atoms with E-state index < -0.39 is 5.54 Å². The standard InChI is InChI=1S/C10H21N3O2/c1-5-10(11,6-2)9(15)12-7-8(14)13(3)4/h5-7,11H2,1-4H3,(H,12,15). The zero-order chi connectivity index (χ0) is 12.1. The molecule has 0 heterocycles. The Kier molecular flexibility index (Phi) is 5.28. The van der Waals surface area contributed by atoms with Crippen molar-refractivity contribution in [2.75, 3.05) is 20.6 Å². The highest BCUT2D eigenvalue weighted by atomic mass is 16.2. The van der Waals surface area contributed by atoms with Gasteiger partial charge in [-0.2, -0.15) is 0 Å². The quantitative estimate of drug-likeness (QED) is 0.661. The van der Waals surface area contributed by atoms with Crippen LogP contribution in [0.1, 0.15) is 26.7 Å². The summed E-state index contributed by atoms with van der Waals surface area (Å²) in [6.07, 6.45) is 1.12. The highest BCUT2D eigenvalue weighted by molar-refractivity contribution is 5.89. The van der Waals surface area contributed by atoms with Gasteiger partial charge in [-0.3, -0.25) is 9.59 Å². The van der Waals surface area contributed by atoms with E-state index in [0.717, 1.165) is 0 Å². The Morgan fingerprint density at radius 2 is 1.73 bits per heavy atom. The van der Waals surface area contributed by atoms with Crippen molar-refractivity contribution >= 4 is 11.8 Å². The summed E-state index contributed by atoms with van der Waals surface area (Å²) in [5.41, 5.74) is 5.01. The van der Waals surface area contributed by atoms with Gasteiger partial charge in [-0.05, 0) is 12.8 Å². The molecule has 5 heteroatoms. The average molecular weight is 215 g/mol.